The van der Waals surface area contributed by atoms with E-state index in [4.69, 9.17) is 5.11 Å². The van der Waals surface area contributed by atoms with Gasteiger partial charge in [0.1, 0.15) is 0 Å². The summed E-state index contributed by atoms with van der Waals surface area (Å²) >= 11 is 1.39. The Kier molecular flexibility index (Phi) is 3.67. The van der Waals surface area contributed by atoms with Crippen LogP contribution in [0, 0.1) is 0 Å². The van der Waals surface area contributed by atoms with E-state index in [1.54, 1.807) is 18.2 Å². The first-order chi connectivity index (χ1) is 8.25. The highest BCUT2D eigenvalue weighted by Gasteiger charge is 2.03. The van der Waals surface area contributed by atoms with E-state index in [0.717, 1.165) is 10.6 Å². The molecule has 0 heterocycles. The van der Waals surface area contributed by atoms with Crippen molar-refractivity contribution in [3.8, 4) is 0 Å². The van der Waals surface area contributed by atoms with Gasteiger partial charge in [-0.15, -0.1) is 0 Å². The molecule has 0 atom stereocenters. The molecular formula is C13H11NO2S. The number of benzene rings is 2. The number of rotatable bonds is 4. The van der Waals surface area contributed by atoms with Gasteiger partial charge < -0.3 is 9.83 Å². The molecule has 0 amide bonds. The number of hydrogen-bond acceptors (Lipinski definition) is 3. The molecule has 2 aromatic rings. The smallest absolute Gasteiger partial charge is 0.335 e. The fraction of sp³-hybridized carbons (Fsp3) is 0. The summed E-state index contributed by atoms with van der Waals surface area (Å²) in [6, 6.07) is 16.6. The summed E-state index contributed by atoms with van der Waals surface area (Å²) in [6.07, 6.45) is 0. The molecule has 0 fully saturated rings. The van der Waals surface area contributed by atoms with E-state index in [9.17, 15) is 4.79 Å². The number of nitrogens with one attached hydrogen (secondary N) is 1. The lowest BCUT2D eigenvalue weighted by Gasteiger charge is -2.05. The Bertz CT molecular complexity index is 514. The Labute approximate surface area is 104 Å². The fourth-order valence-electron chi connectivity index (χ4n) is 1.32. The minimum atomic E-state index is -0.910. The first-order valence-corrected chi connectivity index (χ1v) is 5.88. The standard InChI is InChI=1S/C13H11NO2S/c15-13(16)10-5-4-8-12(9-10)17-14-11-6-2-1-3-7-11/h1-9,14H,(H,15,16). The topological polar surface area (TPSA) is 49.3 Å². The van der Waals surface area contributed by atoms with Crippen LogP contribution < -0.4 is 4.72 Å². The van der Waals surface area contributed by atoms with Crippen LogP contribution in [-0.2, 0) is 0 Å². The van der Waals surface area contributed by atoms with Gasteiger partial charge in [0.2, 0.25) is 0 Å². The number of para-hydroxylation sites is 1. The van der Waals surface area contributed by atoms with Gasteiger partial charge >= 0.3 is 5.97 Å². The second kappa shape index (κ2) is 5.41. The summed E-state index contributed by atoms with van der Waals surface area (Å²) < 4.78 is 3.15. The maximum atomic E-state index is 10.8. The van der Waals surface area contributed by atoms with Crippen LogP contribution in [0.2, 0.25) is 0 Å². The molecule has 2 N–H and O–H groups in total. The molecule has 0 saturated carbocycles. The van der Waals surface area contributed by atoms with Crippen LogP contribution in [0.25, 0.3) is 0 Å². The third-order valence-corrected chi connectivity index (χ3v) is 2.97. The van der Waals surface area contributed by atoms with Crippen molar-refractivity contribution in [1.29, 1.82) is 0 Å². The quantitative estimate of drug-likeness (QED) is 0.809. The predicted molar refractivity (Wildman–Crippen MR) is 69.3 cm³/mol. The Morgan fingerprint density at radius 2 is 1.82 bits per heavy atom. The van der Waals surface area contributed by atoms with E-state index >= 15 is 0 Å². The van der Waals surface area contributed by atoms with Crippen molar-refractivity contribution in [2.45, 2.75) is 4.90 Å². The highest BCUT2D eigenvalue weighted by Crippen LogP contribution is 2.21. The molecule has 86 valence electrons. The molecule has 2 aromatic carbocycles. The van der Waals surface area contributed by atoms with Crippen LogP contribution >= 0.6 is 11.9 Å². The molecular weight excluding hydrogens is 234 g/mol. The second-order valence-corrected chi connectivity index (χ2v) is 4.28. The third-order valence-electron chi connectivity index (χ3n) is 2.14. The monoisotopic (exact) mass is 245 g/mol. The lowest BCUT2D eigenvalue weighted by molar-refractivity contribution is 0.0696. The van der Waals surface area contributed by atoms with E-state index in [2.05, 4.69) is 4.72 Å². The van der Waals surface area contributed by atoms with Gasteiger partial charge in [-0.25, -0.2) is 4.79 Å². The van der Waals surface area contributed by atoms with Gasteiger partial charge in [0.15, 0.2) is 0 Å². The molecule has 2 rings (SSSR count). The van der Waals surface area contributed by atoms with Crippen LogP contribution in [0.4, 0.5) is 5.69 Å². The molecule has 0 aliphatic carbocycles. The molecule has 17 heavy (non-hydrogen) atoms. The Balaban J connectivity index is 2.04. The number of carboxylic acid groups (broad SMARTS) is 1. The van der Waals surface area contributed by atoms with E-state index in [1.807, 2.05) is 36.4 Å². The first kappa shape index (κ1) is 11.5. The summed E-state index contributed by atoms with van der Waals surface area (Å²) in [5.74, 6) is -0.910. The summed E-state index contributed by atoms with van der Waals surface area (Å²) in [6.45, 7) is 0. The maximum Gasteiger partial charge on any atom is 0.335 e. The van der Waals surface area contributed by atoms with E-state index < -0.39 is 5.97 Å². The summed E-state index contributed by atoms with van der Waals surface area (Å²) in [5.41, 5.74) is 1.28. The molecule has 4 heteroatoms. The number of anilines is 1. The van der Waals surface area contributed by atoms with Gasteiger partial charge in [0.05, 0.1) is 5.56 Å². The minimum absolute atomic E-state index is 0.296. The van der Waals surface area contributed by atoms with Crippen LogP contribution in [0.1, 0.15) is 10.4 Å². The number of carbonyl (C=O) groups is 1. The first-order valence-electron chi connectivity index (χ1n) is 5.07. The molecule has 0 saturated heterocycles. The van der Waals surface area contributed by atoms with E-state index in [-0.39, 0.29) is 0 Å². The van der Waals surface area contributed by atoms with Crippen molar-refractivity contribution in [2.75, 3.05) is 4.72 Å². The summed E-state index contributed by atoms with van der Waals surface area (Å²) in [7, 11) is 0. The second-order valence-electron chi connectivity index (χ2n) is 3.40. The Morgan fingerprint density at radius 1 is 1.06 bits per heavy atom. The molecule has 0 unspecified atom stereocenters. The van der Waals surface area contributed by atoms with E-state index in [1.165, 1.54) is 11.9 Å². The molecule has 3 nitrogen and oxygen atoms in total. The van der Waals surface area contributed by atoms with Crippen molar-refractivity contribution >= 4 is 23.6 Å². The zero-order valence-electron chi connectivity index (χ0n) is 8.96. The van der Waals surface area contributed by atoms with Crippen LogP contribution in [0.5, 0.6) is 0 Å². The van der Waals surface area contributed by atoms with Crippen molar-refractivity contribution in [2.24, 2.45) is 0 Å². The van der Waals surface area contributed by atoms with Gasteiger partial charge in [0, 0.05) is 10.6 Å². The zero-order chi connectivity index (χ0) is 12.1. The molecule has 0 spiro atoms. The average Bonchev–Trinajstić information content (AvgIpc) is 2.38. The van der Waals surface area contributed by atoms with E-state index in [0.29, 0.717) is 5.56 Å². The van der Waals surface area contributed by atoms with Crippen LogP contribution in [0.3, 0.4) is 0 Å². The third kappa shape index (κ3) is 3.26. The normalized spacial score (nSPS) is 9.88. The average molecular weight is 245 g/mol. The van der Waals surface area contributed by atoms with Gasteiger partial charge in [-0.3, -0.25) is 0 Å². The number of carboxylic acids is 1. The molecule has 0 aliphatic heterocycles. The minimum Gasteiger partial charge on any atom is -0.478 e. The summed E-state index contributed by atoms with van der Waals surface area (Å²) in [4.78, 5) is 11.7. The van der Waals surface area contributed by atoms with Gasteiger partial charge in [-0.05, 0) is 42.3 Å². The Morgan fingerprint density at radius 3 is 2.53 bits per heavy atom. The van der Waals surface area contributed by atoms with Crippen molar-refractivity contribution in [1.82, 2.24) is 0 Å². The zero-order valence-corrected chi connectivity index (χ0v) is 9.78. The lowest BCUT2D eigenvalue weighted by atomic mass is 10.2. The van der Waals surface area contributed by atoms with Gasteiger partial charge in [-0.1, -0.05) is 24.3 Å². The predicted octanol–water partition coefficient (Wildman–Crippen LogP) is 3.50. The van der Waals surface area contributed by atoms with Gasteiger partial charge in [-0.2, -0.15) is 0 Å². The van der Waals surface area contributed by atoms with Crippen molar-refractivity contribution < 1.29 is 9.90 Å². The van der Waals surface area contributed by atoms with Gasteiger partial charge in [0.25, 0.3) is 0 Å². The fourth-order valence-corrected chi connectivity index (χ4v) is 2.02. The number of aromatic carboxylic acids is 1. The van der Waals surface area contributed by atoms with Crippen molar-refractivity contribution in [3.05, 3.63) is 60.2 Å². The maximum absolute atomic E-state index is 10.8. The Hall–Kier alpha value is -1.94. The SMILES string of the molecule is O=C(O)c1cccc(SNc2ccccc2)c1. The summed E-state index contributed by atoms with van der Waals surface area (Å²) in [5, 5.41) is 8.86. The lowest BCUT2D eigenvalue weighted by Crippen LogP contribution is -1.96. The highest BCUT2D eigenvalue weighted by molar-refractivity contribution is 8.00. The highest BCUT2D eigenvalue weighted by atomic mass is 32.2. The van der Waals surface area contributed by atoms with Crippen LogP contribution in [0.15, 0.2) is 59.5 Å². The van der Waals surface area contributed by atoms with Crippen LogP contribution in [-0.4, -0.2) is 11.1 Å². The molecule has 0 radical (unpaired) electrons. The molecule has 0 bridgehead atoms. The number of hydrogen-bond donors (Lipinski definition) is 2. The van der Waals surface area contributed by atoms with Crippen molar-refractivity contribution in [3.63, 3.8) is 0 Å². The molecule has 0 aromatic heterocycles. The molecule has 0 aliphatic rings. The largest absolute Gasteiger partial charge is 0.478 e.